The Morgan fingerprint density at radius 3 is 2.40 bits per heavy atom. The highest BCUT2D eigenvalue weighted by Crippen LogP contribution is 2.22. The molecule has 0 heterocycles. The van der Waals surface area contributed by atoms with E-state index in [4.69, 9.17) is 5.73 Å². The minimum atomic E-state index is 0.106. The quantitative estimate of drug-likeness (QED) is 0.607. The maximum Gasteiger partial charge on any atom is 0.0306 e. The summed E-state index contributed by atoms with van der Waals surface area (Å²) in [5.74, 6) is 0.728. The molecule has 0 aromatic carbocycles. The Kier molecular flexibility index (Phi) is 6.86. The largest absolute Gasteiger partial charge is 0.329 e. The van der Waals surface area contributed by atoms with Crippen LogP contribution in [-0.2, 0) is 0 Å². The fourth-order valence-electron chi connectivity index (χ4n) is 1.79. The molecule has 0 aliphatic heterocycles. The van der Waals surface area contributed by atoms with E-state index in [0.29, 0.717) is 6.54 Å². The van der Waals surface area contributed by atoms with E-state index in [9.17, 15) is 0 Å². The summed E-state index contributed by atoms with van der Waals surface area (Å²) >= 11 is 0. The summed E-state index contributed by atoms with van der Waals surface area (Å²) in [4.78, 5) is 0. The van der Waals surface area contributed by atoms with E-state index in [2.05, 4.69) is 32.7 Å². The monoisotopic (exact) mass is 212 g/mol. The molecule has 0 saturated carbocycles. The molecule has 15 heavy (non-hydrogen) atoms. The number of hydrogen-bond acceptors (Lipinski definition) is 2. The molecule has 3 N–H and O–H groups in total. The Labute approximate surface area is 95.3 Å². The Balaban J connectivity index is 4.35. The second-order valence-corrected chi connectivity index (χ2v) is 4.87. The molecule has 2 nitrogen and oxygen atoms in total. The van der Waals surface area contributed by atoms with Crippen LogP contribution in [0, 0.1) is 5.92 Å². The molecule has 2 heteroatoms. The van der Waals surface area contributed by atoms with Crippen LogP contribution in [0.3, 0.4) is 0 Å². The van der Waals surface area contributed by atoms with Gasteiger partial charge in [0.1, 0.15) is 0 Å². The van der Waals surface area contributed by atoms with Crippen molar-refractivity contribution in [2.45, 2.75) is 52.5 Å². The van der Waals surface area contributed by atoms with Crippen molar-refractivity contribution in [3.05, 3.63) is 12.2 Å². The fraction of sp³-hybridized carbons (Fsp3) is 0.846. The maximum atomic E-state index is 5.92. The zero-order chi connectivity index (χ0) is 11.9. The lowest BCUT2D eigenvalue weighted by Crippen LogP contribution is -2.52. The Morgan fingerprint density at radius 1 is 1.47 bits per heavy atom. The first-order valence-electron chi connectivity index (χ1n) is 6.09. The van der Waals surface area contributed by atoms with E-state index in [1.807, 2.05) is 6.92 Å². The smallest absolute Gasteiger partial charge is 0.0306 e. The van der Waals surface area contributed by atoms with Crippen LogP contribution in [0.2, 0.25) is 0 Å². The Hall–Kier alpha value is -0.340. The molecule has 2 unspecified atom stereocenters. The summed E-state index contributed by atoms with van der Waals surface area (Å²) in [5, 5.41) is 3.57. The van der Waals surface area contributed by atoms with Gasteiger partial charge in [-0.3, -0.25) is 0 Å². The summed E-state index contributed by atoms with van der Waals surface area (Å²) in [6.07, 6.45) is 3.46. The predicted molar refractivity (Wildman–Crippen MR) is 69.0 cm³/mol. The van der Waals surface area contributed by atoms with Gasteiger partial charge in [0.25, 0.3) is 0 Å². The highest BCUT2D eigenvalue weighted by molar-refractivity contribution is 4.97. The van der Waals surface area contributed by atoms with Crippen molar-refractivity contribution in [1.29, 1.82) is 0 Å². The SMILES string of the molecule is C=C(C)CNC(CC)(CN)CC(C)CC. The molecule has 0 spiro atoms. The number of hydrogen-bond donors (Lipinski definition) is 2. The number of nitrogens with two attached hydrogens (primary N) is 1. The van der Waals surface area contributed by atoms with Crippen LogP contribution in [-0.4, -0.2) is 18.6 Å². The lowest BCUT2D eigenvalue weighted by molar-refractivity contribution is 0.261. The van der Waals surface area contributed by atoms with Gasteiger partial charge in [0, 0.05) is 18.6 Å². The van der Waals surface area contributed by atoms with Crippen LogP contribution in [0.1, 0.15) is 47.0 Å². The van der Waals surface area contributed by atoms with Crippen LogP contribution in [0.25, 0.3) is 0 Å². The summed E-state index contributed by atoms with van der Waals surface area (Å²) < 4.78 is 0. The first-order chi connectivity index (χ1) is 6.99. The van der Waals surface area contributed by atoms with Gasteiger partial charge in [-0.25, -0.2) is 0 Å². The van der Waals surface area contributed by atoms with E-state index in [-0.39, 0.29) is 5.54 Å². The van der Waals surface area contributed by atoms with Crippen molar-refractivity contribution in [3.8, 4) is 0 Å². The van der Waals surface area contributed by atoms with Crippen molar-refractivity contribution in [3.63, 3.8) is 0 Å². The molecule has 0 aromatic rings. The molecule has 2 atom stereocenters. The van der Waals surface area contributed by atoms with Gasteiger partial charge in [0.2, 0.25) is 0 Å². The van der Waals surface area contributed by atoms with E-state index < -0.39 is 0 Å². The Morgan fingerprint density at radius 2 is 2.07 bits per heavy atom. The van der Waals surface area contributed by atoms with Crippen LogP contribution in [0.4, 0.5) is 0 Å². The van der Waals surface area contributed by atoms with Gasteiger partial charge in [-0.2, -0.15) is 0 Å². The Bertz CT molecular complexity index is 183. The lowest BCUT2D eigenvalue weighted by Gasteiger charge is -2.35. The normalized spacial score (nSPS) is 17.1. The van der Waals surface area contributed by atoms with Crippen molar-refractivity contribution in [2.24, 2.45) is 11.7 Å². The third-order valence-electron chi connectivity index (χ3n) is 3.27. The van der Waals surface area contributed by atoms with Gasteiger partial charge < -0.3 is 11.1 Å². The van der Waals surface area contributed by atoms with Gasteiger partial charge in [0.05, 0.1) is 0 Å². The molecule has 0 radical (unpaired) electrons. The van der Waals surface area contributed by atoms with E-state index in [0.717, 1.165) is 25.3 Å². The first kappa shape index (κ1) is 14.7. The third kappa shape index (κ3) is 5.33. The van der Waals surface area contributed by atoms with Crippen molar-refractivity contribution >= 4 is 0 Å². The molecule has 0 amide bonds. The van der Waals surface area contributed by atoms with Gasteiger partial charge >= 0.3 is 0 Å². The van der Waals surface area contributed by atoms with Crippen LogP contribution in [0.5, 0.6) is 0 Å². The van der Waals surface area contributed by atoms with Gasteiger partial charge in [-0.15, -0.1) is 0 Å². The predicted octanol–water partition coefficient (Wildman–Crippen LogP) is 2.70. The van der Waals surface area contributed by atoms with Crippen LogP contribution in [0.15, 0.2) is 12.2 Å². The molecule has 90 valence electrons. The van der Waals surface area contributed by atoms with Crippen LogP contribution >= 0.6 is 0 Å². The molecule has 0 fully saturated rings. The molecule has 0 saturated heterocycles. The van der Waals surface area contributed by atoms with Gasteiger partial charge in [0.15, 0.2) is 0 Å². The molecule has 0 aliphatic rings. The maximum absolute atomic E-state index is 5.92. The first-order valence-corrected chi connectivity index (χ1v) is 6.09. The average molecular weight is 212 g/mol. The fourth-order valence-corrected chi connectivity index (χ4v) is 1.79. The summed E-state index contributed by atoms with van der Waals surface area (Å²) in [6, 6.07) is 0. The highest BCUT2D eigenvalue weighted by Gasteiger charge is 2.27. The lowest BCUT2D eigenvalue weighted by atomic mass is 9.84. The van der Waals surface area contributed by atoms with Crippen molar-refractivity contribution < 1.29 is 0 Å². The second kappa shape index (κ2) is 7.02. The number of rotatable bonds is 8. The summed E-state index contributed by atoms with van der Waals surface area (Å²) in [5.41, 5.74) is 7.19. The average Bonchev–Trinajstić information content (AvgIpc) is 2.24. The van der Waals surface area contributed by atoms with E-state index in [1.54, 1.807) is 0 Å². The molecule has 0 aromatic heterocycles. The molecular weight excluding hydrogens is 184 g/mol. The molecule has 0 aliphatic carbocycles. The van der Waals surface area contributed by atoms with Crippen molar-refractivity contribution in [2.75, 3.05) is 13.1 Å². The van der Waals surface area contributed by atoms with E-state index in [1.165, 1.54) is 12.0 Å². The molecule has 0 bridgehead atoms. The minimum absolute atomic E-state index is 0.106. The zero-order valence-corrected chi connectivity index (χ0v) is 10.9. The van der Waals surface area contributed by atoms with E-state index >= 15 is 0 Å². The standard InChI is InChI=1S/C13H28N2/c1-6-12(5)8-13(7-2,10-14)15-9-11(3)4/h12,15H,3,6-10,14H2,1-2,4-5H3. The molecular formula is C13H28N2. The van der Waals surface area contributed by atoms with Crippen molar-refractivity contribution in [1.82, 2.24) is 5.32 Å². The zero-order valence-electron chi connectivity index (χ0n) is 10.9. The number of nitrogens with one attached hydrogen (secondary N) is 1. The van der Waals surface area contributed by atoms with Gasteiger partial charge in [-0.1, -0.05) is 39.3 Å². The summed E-state index contributed by atoms with van der Waals surface area (Å²) in [7, 11) is 0. The summed E-state index contributed by atoms with van der Waals surface area (Å²) in [6.45, 7) is 14.3. The topological polar surface area (TPSA) is 38.0 Å². The van der Waals surface area contributed by atoms with Crippen LogP contribution < -0.4 is 11.1 Å². The third-order valence-corrected chi connectivity index (χ3v) is 3.27. The molecule has 0 rings (SSSR count). The minimum Gasteiger partial charge on any atom is -0.329 e. The van der Waals surface area contributed by atoms with Gasteiger partial charge in [-0.05, 0) is 25.7 Å². The highest BCUT2D eigenvalue weighted by atomic mass is 15.0. The second-order valence-electron chi connectivity index (χ2n) is 4.87.